The van der Waals surface area contributed by atoms with Gasteiger partial charge in [-0.3, -0.25) is 4.79 Å². The Morgan fingerprint density at radius 1 is 1.03 bits per heavy atom. The third kappa shape index (κ3) is 6.19. The van der Waals surface area contributed by atoms with Crippen LogP contribution in [-0.2, 0) is 26.1 Å². The van der Waals surface area contributed by atoms with Crippen LogP contribution in [0.2, 0.25) is 0 Å². The van der Waals surface area contributed by atoms with Gasteiger partial charge in [0.25, 0.3) is 0 Å². The van der Waals surface area contributed by atoms with Crippen LogP contribution in [0.4, 0.5) is 8.78 Å². The second-order valence-corrected chi connectivity index (χ2v) is 8.23. The van der Waals surface area contributed by atoms with Gasteiger partial charge < -0.3 is 9.15 Å². The molecule has 0 unspecified atom stereocenters. The maximum absolute atomic E-state index is 13.2. The second-order valence-electron chi connectivity index (χ2n) is 6.47. The van der Waals surface area contributed by atoms with Gasteiger partial charge in [-0.05, 0) is 54.1 Å². The topological polar surface area (TPSA) is 103 Å². The standard InChI is InChI=1S/C22H17F2NO6S/c23-19-9-6-16(12-20(19)24)21(26)14-31-22(27)10-5-15-3-7-18(8-4-15)32(28,29)25-13-17-2-1-11-30-17/h1-12,25H,13-14H2/b10-5+. The van der Waals surface area contributed by atoms with Crippen molar-refractivity contribution in [3.63, 3.8) is 0 Å². The van der Waals surface area contributed by atoms with Crippen molar-refractivity contribution >= 4 is 27.9 Å². The van der Waals surface area contributed by atoms with E-state index in [1.807, 2.05) is 0 Å². The highest BCUT2D eigenvalue weighted by Crippen LogP contribution is 2.13. The summed E-state index contributed by atoms with van der Waals surface area (Å²) in [6.07, 6.45) is 3.86. The zero-order chi connectivity index (χ0) is 23.1. The van der Waals surface area contributed by atoms with Crippen LogP contribution < -0.4 is 4.72 Å². The van der Waals surface area contributed by atoms with Crippen LogP contribution in [0.25, 0.3) is 6.08 Å². The van der Waals surface area contributed by atoms with Crippen molar-refractivity contribution in [1.82, 2.24) is 4.72 Å². The van der Waals surface area contributed by atoms with Crippen LogP contribution in [0.15, 0.2) is 76.2 Å². The van der Waals surface area contributed by atoms with Crippen LogP contribution in [0.1, 0.15) is 21.7 Å². The molecule has 0 aliphatic heterocycles. The average molecular weight is 461 g/mol. The minimum Gasteiger partial charge on any atom is -0.468 e. The van der Waals surface area contributed by atoms with Gasteiger partial charge in [0.1, 0.15) is 5.76 Å². The molecule has 1 aromatic heterocycles. The average Bonchev–Trinajstić information content (AvgIpc) is 3.30. The number of sulfonamides is 1. The quantitative estimate of drug-likeness (QED) is 0.297. The molecular weight excluding hydrogens is 444 g/mol. The van der Waals surface area contributed by atoms with E-state index >= 15 is 0 Å². The molecule has 0 bridgehead atoms. The number of carbonyl (C=O) groups is 2. The molecule has 0 aliphatic carbocycles. The molecule has 10 heteroatoms. The van der Waals surface area contributed by atoms with Gasteiger partial charge in [-0.1, -0.05) is 12.1 Å². The van der Waals surface area contributed by atoms with Crippen LogP contribution in [0.3, 0.4) is 0 Å². The van der Waals surface area contributed by atoms with Crippen molar-refractivity contribution in [1.29, 1.82) is 0 Å². The van der Waals surface area contributed by atoms with E-state index in [1.165, 1.54) is 36.6 Å². The van der Waals surface area contributed by atoms with Crippen LogP contribution in [0.5, 0.6) is 0 Å². The van der Waals surface area contributed by atoms with Crippen molar-refractivity contribution in [3.8, 4) is 0 Å². The monoisotopic (exact) mass is 461 g/mol. The Morgan fingerprint density at radius 2 is 1.78 bits per heavy atom. The summed E-state index contributed by atoms with van der Waals surface area (Å²) in [4.78, 5) is 23.7. The van der Waals surface area contributed by atoms with E-state index in [9.17, 15) is 26.8 Å². The van der Waals surface area contributed by atoms with E-state index in [4.69, 9.17) is 9.15 Å². The zero-order valence-corrected chi connectivity index (χ0v) is 17.3. The summed E-state index contributed by atoms with van der Waals surface area (Å²) in [5.41, 5.74) is 0.386. The molecule has 0 fully saturated rings. The van der Waals surface area contributed by atoms with Crippen molar-refractivity contribution in [2.45, 2.75) is 11.4 Å². The number of ketones is 1. The Balaban J connectivity index is 1.52. The number of rotatable bonds is 9. The highest BCUT2D eigenvalue weighted by Gasteiger charge is 2.14. The number of esters is 1. The lowest BCUT2D eigenvalue weighted by atomic mass is 10.1. The molecule has 0 aliphatic rings. The van der Waals surface area contributed by atoms with Crippen molar-refractivity contribution in [3.05, 3.63) is 95.5 Å². The maximum atomic E-state index is 13.2. The smallest absolute Gasteiger partial charge is 0.331 e. The Morgan fingerprint density at radius 3 is 2.44 bits per heavy atom. The van der Waals surface area contributed by atoms with E-state index in [1.54, 1.807) is 12.1 Å². The summed E-state index contributed by atoms with van der Waals surface area (Å²) in [5.74, 6) is -3.33. The molecule has 7 nitrogen and oxygen atoms in total. The fourth-order valence-electron chi connectivity index (χ4n) is 2.52. The summed E-state index contributed by atoms with van der Waals surface area (Å²) >= 11 is 0. The van der Waals surface area contributed by atoms with Gasteiger partial charge in [0, 0.05) is 11.6 Å². The summed E-state index contributed by atoms with van der Waals surface area (Å²) < 4.78 is 62.9. The maximum Gasteiger partial charge on any atom is 0.331 e. The highest BCUT2D eigenvalue weighted by atomic mass is 32.2. The molecule has 0 spiro atoms. The molecule has 1 N–H and O–H groups in total. The number of halogens is 2. The Bertz CT molecular complexity index is 1240. The fourth-order valence-corrected chi connectivity index (χ4v) is 3.52. The van der Waals surface area contributed by atoms with E-state index in [0.29, 0.717) is 11.3 Å². The van der Waals surface area contributed by atoms with Gasteiger partial charge in [-0.2, -0.15) is 0 Å². The summed E-state index contributed by atoms with van der Waals surface area (Å²) in [5, 5.41) is 0. The van der Waals surface area contributed by atoms with Gasteiger partial charge in [-0.15, -0.1) is 0 Å². The normalized spacial score (nSPS) is 11.6. The first kappa shape index (κ1) is 23.0. The number of carbonyl (C=O) groups excluding carboxylic acids is 2. The molecule has 32 heavy (non-hydrogen) atoms. The zero-order valence-electron chi connectivity index (χ0n) is 16.5. The minimum atomic E-state index is -3.75. The van der Waals surface area contributed by atoms with Crippen molar-refractivity contribution < 1.29 is 35.9 Å². The SMILES string of the molecule is O=C(/C=C/c1ccc(S(=O)(=O)NCc2ccco2)cc1)OCC(=O)c1ccc(F)c(F)c1. The molecule has 3 aromatic rings. The largest absolute Gasteiger partial charge is 0.468 e. The minimum absolute atomic E-state index is 0.00606. The third-order valence-corrected chi connectivity index (χ3v) is 5.62. The third-order valence-electron chi connectivity index (χ3n) is 4.21. The fraction of sp³-hybridized carbons (Fsp3) is 0.0909. The number of furan rings is 1. The first-order valence-corrected chi connectivity index (χ1v) is 10.7. The van der Waals surface area contributed by atoms with Gasteiger partial charge in [-0.25, -0.2) is 26.7 Å². The number of ether oxygens (including phenoxy) is 1. The van der Waals surface area contributed by atoms with Gasteiger partial charge in [0.2, 0.25) is 10.0 Å². The Hall–Kier alpha value is -3.63. The number of Topliss-reactive ketones (excluding diaryl/α,β-unsaturated/α-hetero) is 1. The molecule has 0 saturated heterocycles. The molecule has 0 saturated carbocycles. The molecule has 3 rings (SSSR count). The van der Waals surface area contributed by atoms with Crippen molar-refractivity contribution in [2.75, 3.05) is 6.61 Å². The molecule has 166 valence electrons. The lowest BCUT2D eigenvalue weighted by Gasteiger charge is -2.05. The predicted octanol–water partition coefficient (Wildman–Crippen LogP) is 3.48. The molecule has 2 aromatic carbocycles. The summed E-state index contributed by atoms with van der Waals surface area (Å²) in [7, 11) is -3.75. The molecule has 0 radical (unpaired) electrons. The van der Waals surface area contributed by atoms with E-state index in [0.717, 1.165) is 24.3 Å². The van der Waals surface area contributed by atoms with Gasteiger partial charge in [0.15, 0.2) is 24.0 Å². The van der Waals surface area contributed by atoms with E-state index in [-0.39, 0.29) is 17.0 Å². The van der Waals surface area contributed by atoms with Crippen LogP contribution >= 0.6 is 0 Å². The van der Waals surface area contributed by atoms with Crippen LogP contribution in [0, 0.1) is 11.6 Å². The summed E-state index contributed by atoms with van der Waals surface area (Å²) in [6.45, 7) is -0.640. The van der Waals surface area contributed by atoms with Crippen molar-refractivity contribution in [2.24, 2.45) is 0 Å². The van der Waals surface area contributed by atoms with E-state index in [2.05, 4.69) is 4.72 Å². The second kappa shape index (κ2) is 10.1. The first-order valence-electron chi connectivity index (χ1n) is 9.20. The van der Waals surface area contributed by atoms with E-state index < -0.39 is 40.0 Å². The van der Waals surface area contributed by atoms with Crippen LogP contribution in [-0.4, -0.2) is 26.8 Å². The predicted molar refractivity (Wildman–Crippen MR) is 110 cm³/mol. The number of hydrogen-bond acceptors (Lipinski definition) is 6. The number of hydrogen-bond donors (Lipinski definition) is 1. The Kier molecular flexibility index (Phi) is 7.29. The molecule has 0 amide bonds. The Labute approximate surface area is 182 Å². The number of nitrogens with one attached hydrogen (secondary N) is 1. The number of benzene rings is 2. The first-order chi connectivity index (χ1) is 15.2. The highest BCUT2D eigenvalue weighted by molar-refractivity contribution is 7.89. The molecule has 1 heterocycles. The van der Waals surface area contributed by atoms with Gasteiger partial charge >= 0.3 is 5.97 Å². The molecular formula is C22H17F2NO6S. The lowest BCUT2D eigenvalue weighted by molar-refractivity contribution is -0.136. The van der Waals surface area contributed by atoms with Gasteiger partial charge in [0.05, 0.1) is 17.7 Å². The molecule has 0 atom stereocenters. The lowest BCUT2D eigenvalue weighted by Crippen LogP contribution is -2.22. The summed E-state index contributed by atoms with van der Waals surface area (Å²) in [6, 6.07) is 11.6.